The lowest BCUT2D eigenvalue weighted by molar-refractivity contribution is 0.0520. The molecule has 0 fully saturated rings. The Labute approximate surface area is 167 Å². The Kier molecular flexibility index (Phi) is 7.22. The van der Waals surface area contributed by atoms with Gasteiger partial charge in [-0.3, -0.25) is 4.79 Å². The highest BCUT2D eigenvalue weighted by molar-refractivity contribution is 7.89. The highest BCUT2D eigenvalue weighted by Crippen LogP contribution is 2.23. The van der Waals surface area contributed by atoms with Gasteiger partial charge in [0.05, 0.1) is 11.5 Å². The van der Waals surface area contributed by atoms with E-state index >= 15 is 0 Å². The second-order valence-electron chi connectivity index (χ2n) is 5.69. The Morgan fingerprint density at radius 1 is 1.21 bits per heavy atom. The van der Waals surface area contributed by atoms with Crippen molar-refractivity contribution in [1.29, 1.82) is 0 Å². The van der Waals surface area contributed by atoms with E-state index in [0.29, 0.717) is 18.7 Å². The van der Waals surface area contributed by atoms with Crippen molar-refractivity contribution >= 4 is 38.4 Å². The number of sulfonamides is 1. The molecule has 1 heterocycles. The summed E-state index contributed by atoms with van der Waals surface area (Å²) in [7, 11) is -3.72. The van der Waals surface area contributed by atoms with Crippen LogP contribution in [-0.4, -0.2) is 53.9 Å². The number of hydrogen-bond donors (Lipinski definition) is 1. The molecule has 0 aliphatic rings. The summed E-state index contributed by atoms with van der Waals surface area (Å²) in [4.78, 5) is 24.6. The molecule has 0 saturated carbocycles. The Balaban J connectivity index is 2.34. The molecule has 152 valence electrons. The SMILES string of the molecule is CCOC(=O)c1nnsc1NC(=O)c1ccc(C)c(S(=O)(=O)N(CC)CC)c1. The third-order valence-corrected chi connectivity index (χ3v) is 6.79. The maximum atomic E-state index is 12.8. The summed E-state index contributed by atoms with van der Waals surface area (Å²) >= 11 is 0.831. The number of nitrogens with zero attached hydrogens (tertiary/aromatic N) is 3. The molecular formula is C17H22N4O5S2. The summed E-state index contributed by atoms with van der Waals surface area (Å²) in [5.74, 6) is -1.27. The molecule has 1 amide bonds. The highest BCUT2D eigenvalue weighted by Gasteiger charge is 2.25. The summed E-state index contributed by atoms with van der Waals surface area (Å²) in [6.07, 6.45) is 0. The van der Waals surface area contributed by atoms with Crippen molar-refractivity contribution in [2.24, 2.45) is 0 Å². The van der Waals surface area contributed by atoms with Crippen LogP contribution in [0.1, 0.15) is 47.2 Å². The summed E-state index contributed by atoms with van der Waals surface area (Å²) in [6.45, 7) is 7.63. The Hall–Kier alpha value is -2.37. The van der Waals surface area contributed by atoms with Crippen LogP contribution in [0.3, 0.4) is 0 Å². The molecule has 0 aliphatic carbocycles. The average molecular weight is 427 g/mol. The van der Waals surface area contributed by atoms with Gasteiger partial charge in [0.25, 0.3) is 5.91 Å². The van der Waals surface area contributed by atoms with Crippen molar-refractivity contribution in [2.75, 3.05) is 25.0 Å². The lowest BCUT2D eigenvalue weighted by Crippen LogP contribution is -2.31. The van der Waals surface area contributed by atoms with Gasteiger partial charge in [0.2, 0.25) is 15.7 Å². The fourth-order valence-corrected chi connectivity index (χ4v) is 4.76. The van der Waals surface area contributed by atoms with Gasteiger partial charge in [-0.25, -0.2) is 13.2 Å². The van der Waals surface area contributed by atoms with Crippen LogP contribution in [0.5, 0.6) is 0 Å². The van der Waals surface area contributed by atoms with Crippen LogP contribution >= 0.6 is 11.5 Å². The molecule has 0 unspecified atom stereocenters. The molecule has 9 nitrogen and oxygen atoms in total. The first kappa shape index (κ1) is 21.9. The van der Waals surface area contributed by atoms with Crippen molar-refractivity contribution < 1.29 is 22.7 Å². The van der Waals surface area contributed by atoms with Crippen molar-refractivity contribution in [2.45, 2.75) is 32.6 Å². The average Bonchev–Trinajstić information content (AvgIpc) is 3.11. The normalized spacial score (nSPS) is 11.5. The standard InChI is InChI=1S/C17H22N4O5S2/c1-5-21(6-2)28(24,25)13-10-12(9-8-11(13)4)15(22)18-16-14(19-20-27-16)17(23)26-7-3/h8-10H,5-7H2,1-4H3,(H,18,22). The quantitative estimate of drug-likeness (QED) is 0.643. The van der Waals surface area contributed by atoms with Gasteiger partial charge in [-0.05, 0) is 31.5 Å². The minimum Gasteiger partial charge on any atom is -0.461 e. The van der Waals surface area contributed by atoms with Crippen LogP contribution in [-0.2, 0) is 14.8 Å². The van der Waals surface area contributed by atoms with E-state index in [1.54, 1.807) is 33.8 Å². The van der Waals surface area contributed by atoms with E-state index in [0.717, 1.165) is 11.5 Å². The number of nitrogens with one attached hydrogen (secondary N) is 1. The Morgan fingerprint density at radius 3 is 2.50 bits per heavy atom. The first-order valence-electron chi connectivity index (χ1n) is 8.67. The van der Waals surface area contributed by atoms with Gasteiger partial charge < -0.3 is 10.1 Å². The number of ether oxygens (including phenoxy) is 1. The van der Waals surface area contributed by atoms with E-state index in [4.69, 9.17) is 4.74 Å². The number of carbonyl (C=O) groups is 2. The fraction of sp³-hybridized carbons (Fsp3) is 0.412. The van der Waals surface area contributed by atoms with Crippen LogP contribution < -0.4 is 5.32 Å². The second-order valence-corrected chi connectivity index (χ2v) is 8.36. The number of hydrogen-bond acceptors (Lipinski definition) is 8. The van der Waals surface area contributed by atoms with Gasteiger partial charge in [0.1, 0.15) is 0 Å². The largest absolute Gasteiger partial charge is 0.461 e. The maximum absolute atomic E-state index is 12.8. The molecule has 1 aromatic carbocycles. The molecule has 28 heavy (non-hydrogen) atoms. The van der Waals surface area contributed by atoms with Gasteiger partial charge in [-0.1, -0.05) is 24.4 Å². The molecule has 0 spiro atoms. The van der Waals surface area contributed by atoms with Crippen LogP contribution in [0.2, 0.25) is 0 Å². The van der Waals surface area contributed by atoms with Gasteiger partial charge >= 0.3 is 5.97 Å². The fourth-order valence-electron chi connectivity index (χ4n) is 2.50. The molecule has 2 aromatic rings. The zero-order valence-electron chi connectivity index (χ0n) is 16.1. The molecule has 1 N–H and O–H groups in total. The molecule has 0 atom stereocenters. The smallest absolute Gasteiger partial charge is 0.362 e. The van der Waals surface area contributed by atoms with Crippen LogP contribution in [0, 0.1) is 6.92 Å². The molecule has 2 rings (SSSR count). The highest BCUT2D eigenvalue weighted by atomic mass is 32.2. The summed E-state index contributed by atoms with van der Waals surface area (Å²) in [5, 5.41) is 6.36. The van der Waals surface area contributed by atoms with Crippen LogP contribution in [0.15, 0.2) is 23.1 Å². The van der Waals surface area contributed by atoms with E-state index in [1.807, 2.05) is 0 Å². The zero-order valence-corrected chi connectivity index (χ0v) is 17.7. The minimum atomic E-state index is -3.72. The zero-order chi connectivity index (χ0) is 20.9. The number of benzene rings is 1. The van der Waals surface area contributed by atoms with E-state index in [1.165, 1.54) is 16.4 Å². The third kappa shape index (κ3) is 4.54. The molecule has 0 bridgehead atoms. The van der Waals surface area contributed by atoms with Crippen molar-refractivity contribution in [3.63, 3.8) is 0 Å². The first-order chi connectivity index (χ1) is 13.3. The van der Waals surface area contributed by atoms with Crippen molar-refractivity contribution in [1.82, 2.24) is 13.9 Å². The van der Waals surface area contributed by atoms with E-state index in [9.17, 15) is 18.0 Å². The topological polar surface area (TPSA) is 119 Å². The first-order valence-corrected chi connectivity index (χ1v) is 10.9. The van der Waals surface area contributed by atoms with Crippen molar-refractivity contribution in [3.05, 3.63) is 35.0 Å². The summed E-state index contributed by atoms with van der Waals surface area (Å²) in [6, 6.07) is 4.42. The number of amides is 1. The van der Waals surface area contributed by atoms with Gasteiger partial charge in [0.15, 0.2) is 5.00 Å². The third-order valence-electron chi connectivity index (χ3n) is 3.96. The van der Waals surface area contributed by atoms with E-state index in [-0.39, 0.29) is 27.8 Å². The minimum absolute atomic E-state index is 0.0666. The predicted molar refractivity (Wildman–Crippen MR) is 105 cm³/mol. The maximum Gasteiger partial charge on any atom is 0.362 e. The molecular weight excluding hydrogens is 404 g/mol. The monoisotopic (exact) mass is 426 g/mol. The summed E-state index contributed by atoms with van der Waals surface area (Å²) < 4.78 is 35.5. The van der Waals surface area contributed by atoms with Crippen LogP contribution in [0.25, 0.3) is 0 Å². The number of anilines is 1. The van der Waals surface area contributed by atoms with E-state index < -0.39 is 21.9 Å². The number of rotatable bonds is 8. The second kappa shape index (κ2) is 9.22. The Morgan fingerprint density at radius 2 is 1.89 bits per heavy atom. The number of aryl methyl sites for hydroxylation is 1. The predicted octanol–water partition coefficient (Wildman–Crippen LogP) is 2.31. The van der Waals surface area contributed by atoms with Gasteiger partial charge in [0, 0.05) is 30.2 Å². The van der Waals surface area contributed by atoms with Crippen molar-refractivity contribution in [3.8, 4) is 0 Å². The summed E-state index contributed by atoms with van der Waals surface area (Å²) in [5.41, 5.74) is 0.581. The molecule has 0 radical (unpaired) electrons. The lowest BCUT2D eigenvalue weighted by Gasteiger charge is -2.20. The van der Waals surface area contributed by atoms with Gasteiger partial charge in [-0.2, -0.15) is 4.31 Å². The molecule has 0 aliphatic heterocycles. The number of carbonyl (C=O) groups excluding carboxylic acids is 2. The van der Waals surface area contributed by atoms with Gasteiger partial charge in [-0.15, -0.1) is 5.10 Å². The molecule has 0 saturated heterocycles. The molecule has 11 heteroatoms. The molecule has 1 aromatic heterocycles. The number of aromatic nitrogens is 2. The lowest BCUT2D eigenvalue weighted by atomic mass is 10.1. The Bertz CT molecular complexity index is 968. The van der Waals surface area contributed by atoms with Crippen LogP contribution in [0.4, 0.5) is 5.00 Å². The number of esters is 1. The van der Waals surface area contributed by atoms with E-state index in [2.05, 4.69) is 14.9 Å².